The van der Waals surface area contributed by atoms with Crippen LogP contribution in [-0.4, -0.2) is 57.5 Å². The van der Waals surface area contributed by atoms with Crippen LogP contribution >= 0.6 is 0 Å². The number of hydrogen-bond acceptors (Lipinski definition) is 5. The summed E-state index contributed by atoms with van der Waals surface area (Å²) in [5, 5.41) is 0. The summed E-state index contributed by atoms with van der Waals surface area (Å²) in [4.78, 5) is 0. The van der Waals surface area contributed by atoms with Crippen LogP contribution in [0.4, 0.5) is 0 Å². The van der Waals surface area contributed by atoms with E-state index >= 15 is 0 Å². The van der Waals surface area contributed by atoms with Gasteiger partial charge in [-0.3, -0.25) is 0 Å². The van der Waals surface area contributed by atoms with Gasteiger partial charge in [-0.1, -0.05) is 13.8 Å². The summed E-state index contributed by atoms with van der Waals surface area (Å²) < 4.78 is 48.3. The van der Waals surface area contributed by atoms with Crippen molar-refractivity contribution in [2.24, 2.45) is 5.73 Å². The van der Waals surface area contributed by atoms with Crippen molar-refractivity contribution in [3.05, 3.63) is 0 Å². The first kappa shape index (κ1) is 18.8. The van der Waals surface area contributed by atoms with Crippen LogP contribution in [0.3, 0.4) is 0 Å². The van der Waals surface area contributed by atoms with Gasteiger partial charge in [-0.25, -0.2) is 16.8 Å². The number of nitrogens with zero attached hydrogens (tertiary/aromatic N) is 1. The van der Waals surface area contributed by atoms with Gasteiger partial charge in [-0.2, -0.15) is 4.31 Å². The summed E-state index contributed by atoms with van der Waals surface area (Å²) in [7, 11) is -6.93. The van der Waals surface area contributed by atoms with Crippen LogP contribution in [-0.2, 0) is 19.9 Å². The normalized spacial score (nSPS) is 16.5. The average molecular weight is 314 g/mol. The lowest BCUT2D eigenvalue weighted by atomic mass is 9.99. The van der Waals surface area contributed by atoms with Crippen LogP contribution in [0.2, 0.25) is 0 Å². The summed E-state index contributed by atoms with van der Waals surface area (Å²) in [5.74, 6) is -0.749. The standard InChI is InChI=1S/C11H26N2O4S2/c1-5-7-13(11(3,6-2)10-12)19(16,17)9-8-18(4,14)15/h5-10,12H2,1-4H3. The molecule has 0 fully saturated rings. The van der Waals surface area contributed by atoms with Gasteiger partial charge in [0.25, 0.3) is 0 Å². The van der Waals surface area contributed by atoms with Crippen LogP contribution in [0.5, 0.6) is 0 Å². The second kappa shape index (κ2) is 7.01. The Hall–Kier alpha value is -0.180. The highest BCUT2D eigenvalue weighted by molar-refractivity contribution is 7.93. The van der Waals surface area contributed by atoms with E-state index in [0.717, 1.165) is 6.26 Å². The molecular formula is C11H26N2O4S2. The third-order valence-corrected chi connectivity index (χ3v) is 6.50. The molecular weight excluding hydrogens is 288 g/mol. The lowest BCUT2D eigenvalue weighted by Crippen LogP contribution is -2.55. The van der Waals surface area contributed by atoms with E-state index in [-0.39, 0.29) is 18.1 Å². The molecule has 2 N–H and O–H groups in total. The maximum atomic E-state index is 12.3. The molecule has 0 radical (unpaired) electrons. The molecule has 0 heterocycles. The first-order chi connectivity index (χ1) is 8.52. The Morgan fingerprint density at radius 2 is 1.63 bits per heavy atom. The van der Waals surface area contributed by atoms with Gasteiger partial charge in [0.15, 0.2) is 0 Å². The fourth-order valence-electron chi connectivity index (χ4n) is 1.74. The van der Waals surface area contributed by atoms with E-state index in [0.29, 0.717) is 19.4 Å². The quantitative estimate of drug-likeness (QED) is 0.655. The van der Waals surface area contributed by atoms with Crippen LogP contribution in [0.25, 0.3) is 0 Å². The Morgan fingerprint density at radius 1 is 1.11 bits per heavy atom. The highest BCUT2D eigenvalue weighted by Gasteiger charge is 2.37. The third kappa shape index (κ3) is 5.76. The highest BCUT2D eigenvalue weighted by Crippen LogP contribution is 2.22. The summed E-state index contributed by atoms with van der Waals surface area (Å²) >= 11 is 0. The molecule has 0 saturated heterocycles. The lowest BCUT2D eigenvalue weighted by molar-refractivity contribution is 0.206. The molecule has 0 spiro atoms. The fraction of sp³-hybridized carbons (Fsp3) is 1.00. The van der Waals surface area contributed by atoms with Gasteiger partial charge >= 0.3 is 0 Å². The summed E-state index contributed by atoms with van der Waals surface area (Å²) in [6.07, 6.45) is 2.28. The van der Waals surface area contributed by atoms with E-state index in [1.807, 2.05) is 13.8 Å². The van der Waals surface area contributed by atoms with E-state index in [2.05, 4.69) is 0 Å². The molecule has 0 amide bonds. The Kier molecular flexibility index (Phi) is 6.94. The highest BCUT2D eigenvalue weighted by atomic mass is 32.2. The van der Waals surface area contributed by atoms with Crippen molar-refractivity contribution in [1.29, 1.82) is 0 Å². The van der Waals surface area contributed by atoms with E-state index in [1.54, 1.807) is 6.92 Å². The first-order valence-corrected chi connectivity index (χ1v) is 10.1. The van der Waals surface area contributed by atoms with E-state index in [9.17, 15) is 16.8 Å². The fourth-order valence-corrected chi connectivity index (χ4v) is 5.35. The molecule has 0 bridgehead atoms. The van der Waals surface area contributed by atoms with Crippen molar-refractivity contribution in [2.75, 3.05) is 30.9 Å². The van der Waals surface area contributed by atoms with Gasteiger partial charge in [0.1, 0.15) is 9.84 Å². The molecule has 0 rings (SSSR count). The molecule has 116 valence electrons. The van der Waals surface area contributed by atoms with E-state index < -0.39 is 25.4 Å². The van der Waals surface area contributed by atoms with Gasteiger partial charge in [0.2, 0.25) is 10.0 Å². The molecule has 0 aliphatic heterocycles. The zero-order chi connectivity index (χ0) is 15.3. The molecule has 0 aromatic rings. The molecule has 8 heteroatoms. The van der Waals surface area contributed by atoms with E-state index in [4.69, 9.17) is 5.73 Å². The topological polar surface area (TPSA) is 97.5 Å². The summed E-state index contributed by atoms with van der Waals surface area (Å²) in [6.45, 7) is 6.11. The van der Waals surface area contributed by atoms with Crippen molar-refractivity contribution >= 4 is 19.9 Å². The number of hydrogen-bond donors (Lipinski definition) is 1. The van der Waals surface area contributed by atoms with Crippen molar-refractivity contribution in [3.8, 4) is 0 Å². The second-order valence-corrected chi connectivity index (χ2v) is 9.35. The second-order valence-electron chi connectivity index (χ2n) is 5.07. The van der Waals surface area contributed by atoms with Crippen molar-refractivity contribution in [2.45, 2.75) is 39.2 Å². The molecule has 1 atom stereocenters. The Bertz CT molecular complexity index is 467. The van der Waals surface area contributed by atoms with Crippen molar-refractivity contribution in [3.63, 3.8) is 0 Å². The largest absolute Gasteiger partial charge is 0.329 e. The lowest BCUT2D eigenvalue weighted by Gasteiger charge is -2.38. The number of sulfone groups is 1. The monoisotopic (exact) mass is 314 g/mol. The molecule has 6 nitrogen and oxygen atoms in total. The summed E-state index contributed by atoms with van der Waals surface area (Å²) in [6, 6.07) is 0. The molecule has 1 unspecified atom stereocenters. The Balaban J connectivity index is 5.27. The van der Waals surface area contributed by atoms with Crippen molar-refractivity contribution < 1.29 is 16.8 Å². The van der Waals surface area contributed by atoms with Gasteiger partial charge in [0, 0.05) is 24.9 Å². The van der Waals surface area contributed by atoms with Crippen LogP contribution in [0.15, 0.2) is 0 Å². The Labute approximate surface area is 117 Å². The summed E-state index contributed by atoms with van der Waals surface area (Å²) in [5.41, 5.74) is 5.04. The maximum Gasteiger partial charge on any atom is 0.215 e. The van der Waals surface area contributed by atoms with Gasteiger partial charge in [-0.05, 0) is 19.8 Å². The smallest absolute Gasteiger partial charge is 0.215 e. The zero-order valence-electron chi connectivity index (χ0n) is 12.2. The number of sulfonamides is 1. The number of rotatable bonds is 9. The molecule has 0 aromatic heterocycles. The average Bonchev–Trinajstić information content (AvgIpc) is 2.32. The number of nitrogens with two attached hydrogens (primary N) is 1. The van der Waals surface area contributed by atoms with Crippen LogP contribution in [0, 0.1) is 0 Å². The van der Waals surface area contributed by atoms with Gasteiger partial charge in [0.05, 0.1) is 11.5 Å². The van der Waals surface area contributed by atoms with E-state index in [1.165, 1.54) is 4.31 Å². The SMILES string of the molecule is CCCN(C(C)(CC)CN)S(=O)(=O)CCS(C)(=O)=O. The van der Waals surface area contributed by atoms with Crippen LogP contribution < -0.4 is 5.73 Å². The first-order valence-electron chi connectivity index (χ1n) is 6.40. The van der Waals surface area contributed by atoms with Crippen molar-refractivity contribution in [1.82, 2.24) is 4.31 Å². The predicted octanol–water partition coefficient (Wildman–Crippen LogP) is 0.200. The molecule has 19 heavy (non-hydrogen) atoms. The predicted molar refractivity (Wildman–Crippen MR) is 78.2 cm³/mol. The molecule has 0 aromatic carbocycles. The minimum absolute atomic E-state index is 0.210. The zero-order valence-corrected chi connectivity index (χ0v) is 13.8. The molecule has 0 aliphatic carbocycles. The maximum absolute atomic E-state index is 12.3. The minimum Gasteiger partial charge on any atom is -0.329 e. The van der Waals surface area contributed by atoms with Gasteiger partial charge in [-0.15, -0.1) is 0 Å². The van der Waals surface area contributed by atoms with Crippen LogP contribution in [0.1, 0.15) is 33.6 Å². The van der Waals surface area contributed by atoms with Gasteiger partial charge < -0.3 is 5.73 Å². The molecule has 0 saturated carbocycles. The minimum atomic E-state index is -3.63. The third-order valence-electron chi connectivity index (χ3n) is 3.28. The Morgan fingerprint density at radius 3 is 1.95 bits per heavy atom. The molecule has 0 aliphatic rings.